The molecule has 0 spiro atoms. The van der Waals surface area contributed by atoms with Crippen LogP contribution in [-0.2, 0) is 10.2 Å². The predicted octanol–water partition coefficient (Wildman–Crippen LogP) is 3.77. The van der Waals surface area contributed by atoms with Crippen molar-refractivity contribution < 1.29 is 13.9 Å². The van der Waals surface area contributed by atoms with Crippen molar-refractivity contribution in [3.05, 3.63) is 54.0 Å². The number of ether oxygens (including phenoxy) is 1. The summed E-state index contributed by atoms with van der Waals surface area (Å²) >= 11 is 0. The van der Waals surface area contributed by atoms with E-state index in [0.29, 0.717) is 19.8 Å². The zero-order chi connectivity index (χ0) is 19.3. The Labute approximate surface area is 160 Å². The van der Waals surface area contributed by atoms with Gasteiger partial charge in [0.25, 0.3) is 0 Å². The molecule has 2 aromatic rings. The number of hydrogen-bond donors (Lipinski definition) is 2. The van der Waals surface area contributed by atoms with Gasteiger partial charge in [-0.1, -0.05) is 32.9 Å². The van der Waals surface area contributed by atoms with Crippen LogP contribution in [0, 0.1) is 0 Å². The predicted molar refractivity (Wildman–Crippen MR) is 106 cm³/mol. The fourth-order valence-corrected chi connectivity index (χ4v) is 3.20. The number of morpholine rings is 1. The topological polar surface area (TPSA) is 66.7 Å². The van der Waals surface area contributed by atoms with E-state index < -0.39 is 0 Å². The second kappa shape index (κ2) is 8.59. The molecule has 6 heteroatoms. The van der Waals surface area contributed by atoms with Crippen molar-refractivity contribution in [2.24, 2.45) is 0 Å². The Morgan fingerprint density at radius 1 is 1.15 bits per heavy atom. The molecule has 1 aliphatic heterocycles. The van der Waals surface area contributed by atoms with Gasteiger partial charge >= 0.3 is 6.03 Å². The minimum Gasteiger partial charge on any atom is -0.468 e. The average molecular weight is 371 g/mol. The number of hydrogen-bond acceptors (Lipinski definition) is 4. The Kier molecular flexibility index (Phi) is 6.19. The first-order chi connectivity index (χ1) is 12.9. The molecule has 0 aliphatic carbocycles. The van der Waals surface area contributed by atoms with Gasteiger partial charge in [-0.2, -0.15) is 0 Å². The maximum absolute atomic E-state index is 12.4. The highest BCUT2D eigenvalue weighted by Crippen LogP contribution is 2.24. The molecule has 0 saturated carbocycles. The maximum atomic E-state index is 12.4. The fourth-order valence-electron chi connectivity index (χ4n) is 3.20. The number of amides is 2. The van der Waals surface area contributed by atoms with Crippen molar-refractivity contribution in [2.75, 3.05) is 38.2 Å². The van der Waals surface area contributed by atoms with Gasteiger partial charge in [0.2, 0.25) is 0 Å². The van der Waals surface area contributed by atoms with Crippen LogP contribution in [0.3, 0.4) is 0 Å². The molecule has 2 heterocycles. The lowest BCUT2D eigenvalue weighted by molar-refractivity contribution is 0.0124. The molecule has 1 aromatic heterocycles. The second-order valence-electron chi connectivity index (χ2n) is 7.84. The quantitative estimate of drug-likeness (QED) is 0.840. The molecule has 1 aromatic carbocycles. The third-order valence-electron chi connectivity index (χ3n) is 4.82. The van der Waals surface area contributed by atoms with Crippen molar-refractivity contribution in [1.29, 1.82) is 0 Å². The molecule has 146 valence electrons. The Balaban J connectivity index is 1.57. The molecule has 27 heavy (non-hydrogen) atoms. The van der Waals surface area contributed by atoms with Crippen LogP contribution in [-0.4, -0.2) is 43.8 Å². The Hall–Kier alpha value is -2.31. The van der Waals surface area contributed by atoms with Gasteiger partial charge in [0.15, 0.2) is 0 Å². The van der Waals surface area contributed by atoms with E-state index in [-0.39, 0.29) is 17.5 Å². The van der Waals surface area contributed by atoms with E-state index >= 15 is 0 Å². The molecule has 1 fully saturated rings. The SMILES string of the molecule is CC(C)(C)c1ccc(NC(=O)NCC(c2ccco2)N2CCOCC2)cc1. The van der Waals surface area contributed by atoms with Crippen LogP contribution in [0.25, 0.3) is 0 Å². The van der Waals surface area contributed by atoms with E-state index in [9.17, 15) is 4.79 Å². The molecule has 2 N–H and O–H groups in total. The van der Waals surface area contributed by atoms with Crippen LogP contribution in [0.2, 0.25) is 0 Å². The van der Waals surface area contributed by atoms with Crippen LogP contribution in [0.1, 0.15) is 38.1 Å². The highest BCUT2D eigenvalue weighted by atomic mass is 16.5. The standard InChI is InChI=1S/C21H29N3O3/c1-21(2,3)16-6-8-17(9-7-16)23-20(25)22-15-18(19-5-4-12-27-19)24-10-13-26-14-11-24/h4-9,12,18H,10-11,13-15H2,1-3H3,(H2,22,23,25). The summed E-state index contributed by atoms with van der Waals surface area (Å²) in [5, 5.41) is 5.87. The maximum Gasteiger partial charge on any atom is 0.319 e. The summed E-state index contributed by atoms with van der Waals surface area (Å²) in [5.41, 5.74) is 2.11. The number of nitrogens with one attached hydrogen (secondary N) is 2. The molecule has 2 amide bonds. The van der Waals surface area contributed by atoms with Gasteiger partial charge in [0.1, 0.15) is 5.76 Å². The first-order valence-electron chi connectivity index (χ1n) is 9.44. The van der Waals surface area contributed by atoms with Gasteiger partial charge in [-0.25, -0.2) is 4.79 Å². The molecule has 0 radical (unpaired) electrons. The number of urea groups is 1. The molecule has 1 aliphatic rings. The highest BCUT2D eigenvalue weighted by molar-refractivity contribution is 5.89. The smallest absolute Gasteiger partial charge is 0.319 e. The summed E-state index contributed by atoms with van der Waals surface area (Å²) in [4.78, 5) is 14.6. The first kappa shape index (κ1) is 19.5. The van der Waals surface area contributed by atoms with E-state index in [2.05, 4.69) is 48.4 Å². The second-order valence-corrected chi connectivity index (χ2v) is 7.84. The van der Waals surface area contributed by atoms with Crippen LogP contribution in [0.5, 0.6) is 0 Å². The van der Waals surface area contributed by atoms with Crippen LogP contribution >= 0.6 is 0 Å². The third-order valence-corrected chi connectivity index (χ3v) is 4.82. The summed E-state index contributed by atoms with van der Waals surface area (Å²) < 4.78 is 11.0. The summed E-state index contributed by atoms with van der Waals surface area (Å²) in [6, 6.07) is 11.6. The van der Waals surface area contributed by atoms with E-state index in [1.54, 1.807) is 6.26 Å². The Bertz CT molecular complexity index is 714. The van der Waals surface area contributed by atoms with E-state index in [4.69, 9.17) is 9.15 Å². The van der Waals surface area contributed by atoms with Crippen molar-refractivity contribution in [3.8, 4) is 0 Å². The lowest BCUT2D eigenvalue weighted by Crippen LogP contribution is -2.44. The van der Waals surface area contributed by atoms with Gasteiger partial charge in [-0.3, -0.25) is 4.90 Å². The average Bonchev–Trinajstić information content (AvgIpc) is 3.17. The number of carbonyl (C=O) groups is 1. The number of rotatable bonds is 5. The van der Waals surface area contributed by atoms with Gasteiger partial charge in [-0.05, 0) is 35.2 Å². The molecule has 1 unspecified atom stereocenters. The van der Waals surface area contributed by atoms with Crippen LogP contribution in [0.4, 0.5) is 10.5 Å². The zero-order valence-corrected chi connectivity index (χ0v) is 16.3. The van der Waals surface area contributed by atoms with Gasteiger partial charge in [0.05, 0.1) is 25.5 Å². The van der Waals surface area contributed by atoms with E-state index in [0.717, 1.165) is 24.5 Å². The summed E-state index contributed by atoms with van der Waals surface area (Å²) in [6.45, 7) is 10.0. The van der Waals surface area contributed by atoms with Crippen molar-refractivity contribution in [2.45, 2.75) is 32.2 Å². The van der Waals surface area contributed by atoms with Gasteiger partial charge in [-0.15, -0.1) is 0 Å². The minimum atomic E-state index is -0.219. The molecule has 1 saturated heterocycles. The summed E-state index contributed by atoms with van der Waals surface area (Å²) in [7, 11) is 0. The molecule has 0 bridgehead atoms. The number of benzene rings is 1. The lowest BCUT2D eigenvalue weighted by Gasteiger charge is -2.33. The lowest BCUT2D eigenvalue weighted by atomic mass is 9.87. The number of nitrogens with zero attached hydrogens (tertiary/aromatic N) is 1. The molecular formula is C21H29N3O3. The Morgan fingerprint density at radius 3 is 2.44 bits per heavy atom. The van der Waals surface area contributed by atoms with Crippen molar-refractivity contribution in [1.82, 2.24) is 10.2 Å². The van der Waals surface area contributed by atoms with E-state index in [1.165, 1.54) is 5.56 Å². The molecule has 3 rings (SSSR count). The largest absolute Gasteiger partial charge is 0.468 e. The van der Waals surface area contributed by atoms with Gasteiger partial charge < -0.3 is 19.8 Å². The van der Waals surface area contributed by atoms with E-state index in [1.807, 2.05) is 24.3 Å². The van der Waals surface area contributed by atoms with Crippen molar-refractivity contribution >= 4 is 11.7 Å². The fraction of sp³-hybridized carbons (Fsp3) is 0.476. The zero-order valence-electron chi connectivity index (χ0n) is 16.3. The normalized spacial score (nSPS) is 16.7. The molecular weight excluding hydrogens is 342 g/mol. The number of furan rings is 1. The van der Waals surface area contributed by atoms with Crippen LogP contribution < -0.4 is 10.6 Å². The van der Waals surface area contributed by atoms with Crippen molar-refractivity contribution in [3.63, 3.8) is 0 Å². The summed E-state index contributed by atoms with van der Waals surface area (Å²) in [5.74, 6) is 0.853. The van der Waals surface area contributed by atoms with Crippen LogP contribution in [0.15, 0.2) is 47.1 Å². The minimum absolute atomic E-state index is 0.00193. The first-order valence-corrected chi connectivity index (χ1v) is 9.44. The third kappa shape index (κ3) is 5.34. The van der Waals surface area contributed by atoms with Gasteiger partial charge in [0, 0.05) is 25.3 Å². The number of anilines is 1. The monoisotopic (exact) mass is 371 g/mol. The number of carbonyl (C=O) groups excluding carboxylic acids is 1. The molecule has 1 atom stereocenters. The highest BCUT2D eigenvalue weighted by Gasteiger charge is 2.25. The summed E-state index contributed by atoms with van der Waals surface area (Å²) in [6.07, 6.45) is 1.67. The Morgan fingerprint density at radius 2 is 1.85 bits per heavy atom. The molecule has 6 nitrogen and oxygen atoms in total.